The monoisotopic (exact) mass is 318 g/mol. The number of hydrogen-bond acceptors (Lipinski definition) is 2. The molecule has 98 valence electrons. The molecule has 0 amide bonds. The van der Waals surface area contributed by atoms with Crippen molar-refractivity contribution in [3.63, 3.8) is 0 Å². The highest BCUT2D eigenvalue weighted by Crippen LogP contribution is 2.21. The number of fused-ring (bicyclic) bond motifs is 1. The molecule has 1 aromatic carbocycles. The van der Waals surface area contributed by atoms with Gasteiger partial charge in [0.15, 0.2) is 0 Å². The molecule has 0 saturated heterocycles. The summed E-state index contributed by atoms with van der Waals surface area (Å²) in [5.41, 5.74) is 1.22. The van der Waals surface area contributed by atoms with Crippen molar-refractivity contribution < 1.29 is 0 Å². The third kappa shape index (κ3) is 2.42. The van der Waals surface area contributed by atoms with Crippen LogP contribution >= 0.6 is 15.9 Å². The van der Waals surface area contributed by atoms with Gasteiger partial charge in [0, 0.05) is 28.1 Å². The number of rotatable bonds is 4. The highest BCUT2D eigenvalue weighted by Gasteiger charge is 2.07. The van der Waals surface area contributed by atoms with Crippen LogP contribution in [0.15, 0.2) is 41.3 Å². The summed E-state index contributed by atoms with van der Waals surface area (Å²) in [6.07, 6.45) is 4.80. The van der Waals surface area contributed by atoms with Crippen LogP contribution < -0.4 is 0 Å². The van der Waals surface area contributed by atoms with Gasteiger partial charge in [-0.3, -0.25) is 0 Å². The molecule has 19 heavy (non-hydrogen) atoms. The first kappa shape index (κ1) is 12.4. The summed E-state index contributed by atoms with van der Waals surface area (Å²) in [5, 5.41) is 5.50. The Hall–Kier alpha value is -1.62. The smallest absolute Gasteiger partial charge is 0.146 e. The van der Waals surface area contributed by atoms with Crippen LogP contribution in [0, 0.1) is 0 Å². The minimum Gasteiger partial charge on any atom is -0.340 e. The molecule has 2 aromatic heterocycles. The van der Waals surface area contributed by atoms with Crippen LogP contribution in [-0.4, -0.2) is 19.3 Å². The predicted octanol–water partition coefficient (Wildman–Crippen LogP) is 3.45. The minimum absolute atomic E-state index is 0.755. The molecule has 0 radical (unpaired) electrons. The Balaban J connectivity index is 1.94. The van der Waals surface area contributed by atoms with E-state index < -0.39 is 0 Å². The van der Waals surface area contributed by atoms with E-state index in [4.69, 9.17) is 0 Å². The van der Waals surface area contributed by atoms with Crippen molar-refractivity contribution in [3.05, 3.63) is 47.1 Å². The maximum Gasteiger partial charge on any atom is 0.146 e. The van der Waals surface area contributed by atoms with Crippen molar-refractivity contribution in [2.45, 2.75) is 26.4 Å². The number of nitrogens with zero attached hydrogens (tertiary/aromatic N) is 4. The Morgan fingerprint density at radius 1 is 1.26 bits per heavy atom. The molecular weight excluding hydrogens is 304 g/mol. The van der Waals surface area contributed by atoms with Gasteiger partial charge in [-0.25, -0.2) is 9.67 Å². The maximum absolute atomic E-state index is 4.36. The molecule has 0 fully saturated rings. The fraction of sp³-hybridized carbons (Fsp3) is 0.286. The molecule has 3 rings (SSSR count). The van der Waals surface area contributed by atoms with Crippen molar-refractivity contribution in [1.82, 2.24) is 19.3 Å². The number of aromatic nitrogens is 4. The van der Waals surface area contributed by atoms with Gasteiger partial charge in [-0.1, -0.05) is 22.9 Å². The van der Waals surface area contributed by atoms with Crippen molar-refractivity contribution >= 4 is 26.8 Å². The number of hydrogen-bond donors (Lipinski definition) is 0. The van der Waals surface area contributed by atoms with E-state index >= 15 is 0 Å². The van der Waals surface area contributed by atoms with Gasteiger partial charge in [0.25, 0.3) is 0 Å². The van der Waals surface area contributed by atoms with E-state index in [-0.39, 0.29) is 0 Å². The SMILES string of the molecule is CCCn1ncnc1Cn1ccc2cc(Br)ccc21. The summed E-state index contributed by atoms with van der Waals surface area (Å²) in [4.78, 5) is 4.36. The quantitative estimate of drug-likeness (QED) is 0.738. The van der Waals surface area contributed by atoms with Crippen LogP contribution in [0.2, 0.25) is 0 Å². The zero-order valence-electron chi connectivity index (χ0n) is 10.8. The molecule has 0 spiro atoms. The summed E-state index contributed by atoms with van der Waals surface area (Å²) in [7, 11) is 0. The summed E-state index contributed by atoms with van der Waals surface area (Å²) >= 11 is 3.50. The van der Waals surface area contributed by atoms with Gasteiger partial charge in [-0.2, -0.15) is 5.10 Å². The molecular formula is C14H15BrN4. The molecule has 0 N–H and O–H groups in total. The van der Waals surface area contributed by atoms with Crippen LogP contribution in [0.4, 0.5) is 0 Å². The standard InChI is InChI=1S/C14H15BrN4/c1-2-6-19-14(16-10-17-19)9-18-7-5-11-8-12(15)3-4-13(11)18/h3-5,7-8,10H,2,6,9H2,1H3. The Morgan fingerprint density at radius 2 is 2.16 bits per heavy atom. The second-order valence-corrected chi connectivity index (χ2v) is 5.46. The largest absolute Gasteiger partial charge is 0.340 e. The lowest BCUT2D eigenvalue weighted by Gasteiger charge is -2.07. The zero-order valence-corrected chi connectivity index (χ0v) is 12.3. The fourth-order valence-corrected chi connectivity index (χ4v) is 2.65. The van der Waals surface area contributed by atoms with Crippen molar-refractivity contribution in [2.75, 3.05) is 0 Å². The molecule has 0 aliphatic carbocycles. The number of halogens is 1. The molecule has 0 bridgehead atoms. The molecule has 0 saturated carbocycles. The Labute approximate surface area is 120 Å². The summed E-state index contributed by atoms with van der Waals surface area (Å²) < 4.78 is 5.29. The van der Waals surface area contributed by atoms with Crippen LogP contribution in [0.3, 0.4) is 0 Å². The van der Waals surface area contributed by atoms with E-state index in [0.29, 0.717) is 0 Å². The normalized spacial score (nSPS) is 11.3. The molecule has 2 heterocycles. The number of benzene rings is 1. The summed E-state index contributed by atoms with van der Waals surface area (Å²) in [5.74, 6) is 1.00. The Kier molecular flexibility index (Phi) is 3.38. The van der Waals surface area contributed by atoms with E-state index in [0.717, 1.165) is 29.8 Å². The lowest BCUT2D eigenvalue weighted by molar-refractivity contribution is 0.557. The highest BCUT2D eigenvalue weighted by molar-refractivity contribution is 9.10. The van der Waals surface area contributed by atoms with Gasteiger partial charge >= 0.3 is 0 Å². The van der Waals surface area contributed by atoms with Crippen LogP contribution in [0.1, 0.15) is 19.2 Å². The fourth-order valence-electron chi connectivity index (χ4n) is 2.27. The van der Waals surface area contributed by atoms with Crippen LogP contribution in [-0.2, 0) is 13.1 Å². The van der Waals surface area contributed by atoms with Gasteiger partial charge in [0.2, 0.25) is 0 Å². The van der Waals surface area contributed by atoms with Crippen molar-refractivity contribution in [3.8, 4) is 0 Å². The topological polar surface area (TPSA) is 35.6 Å². The van der Waals surface area contributed by atoms with E-state index in [1.54, 1.807) is 6.33 Å². The first-order chi connectivity index (χ1) is 9.28. The second-order valence-electron chi connectivity index (χ2n) is 4.55. The van der Waals surface area contributed by atoms with E-state index in [9.17, 15) is 0 Å². The third-order valence-corrected chi connectivity index (χ3v) is 3.67. The Morgan fingerprint density at radius 3 is 3.00 bits per heavy atom. The van der Waals surface area contributed by atoms with Gasteiger partial charge in [0.05, 0.1) is 6.54 Å². The molecule has 0 aliphatic rings. The molecule has 0 unspecified atom stereocenters. The van der Waals surface area contributed by atoms with Gasteiger partial charge in [-0.15, -0.1) is 0 Å². The van der Waals surface area contributed by atoms with Crippen LogP contribution in [0.25, 0.3) is 10.9 Å². The van der Waals surface area contributed by atoms with Crippen LogP contribution in [0.5, 0.6) is 0 Å². The summed E-state index contributed by atoms with van der Waals surface area (Å²) in [6, 6.07) is 8.44. The second kappa shape index (κ2) is 5.17. The van der Waals surface area contributed by atoms with Gasteiger partial charge < -0.3 is 4.57 Å². The minimum atomic E-state index is 0.755. The summed E-state index contributed by atoms with van der Waals surface area (Å²) in [6.45, 7) is 3.82. The van der Waals surface area contributed by atoms with E-state index in [1.165, 1.54) is 10.9 Å². The molecule has 5 heteroatoms. The number of aryl methyl sites for hydroxylation is 1. The van der Waals surface area contributed by atoms with Crippen molar-refractivity contribution in [1.29, 1.82) is 0 Å². The van der Waals surface area contributed by atoms with Gasteiger partial charge in [0.1, 0.15) is 12.2 Å². The molecule has 4 nitrogen and oxygen atoms in total. The van der Waals surface area contributed by atoms with Gasteiger partial charge in [-0.05, 0) is 30.7 Å². The maximum atomic E-state index is 4.36. The highest BCUT2D eigenvalue weighted by atomic mass is 79.9. The third-order valence-electron chi connectivity index (χ3n) is 3.18. The lowest BCUT2D eigenvalue weighted by atomic mass is 10.2. The average molecular weight is 319 g/mol. The molecule has 3 aromatic rings. The Bertz CT molecular complexity index is 698. The predicted molar refractivity (Wildman–Crippen MR) is 79.1 cm³/mol. The molecule has 0 aliphatic heterocycles. The zero-order chi connectivity index (χ0) is 13.2. The molecule has 0 atom stereocenters. The lowest BCUT2D eigenvalue weighted by Crippen LogP contribution is -2.09. The van der Waals surface area contributed by atoms with E-state index in [2.05, 4.69) is 68.0 Å². The van der Waals surface area contributed by atoms with Crippen molar-refractivity contribution in [2.24, 2.45) is 0 Å². The average Bonchev–Trinajstić information content (AvgIpc) is 2.98. The first-order valence-electron chi connectivity index (χ1n) is 6.39. The first-order valence-corrected chi connectivity index (χ1v) is 7.18. The van der Waals surface area contributed by atoms with E-state index in [1.807, 2.05) is 4.68 Å².